The van der Waals surface area contributed by atoms with Gasteiger partial charge in [-0.3, -0.25) is 10.1 Å². The first-order chi connectivity index (χ1) is 7.25. The van der Waals surface area contributed by atoms with Crippen LogP contribution in [0.2, 0.25) is 0 Å². The maximum atomic E-state index is 11.1. The van der Waals surface area contributed by atoms with Gasteiger partial charge in [0.05, 0.1) is 6.21 Å². The maximum absolute atomic E-state index is 11.1. The van der Waals surface area contributed by atoms with Gasteiger partial charge < -0.3 is 0 Å². The largest absolute Gasteiger partial charge is 0.344 e. The molecule has 0 aliphatic carbocycles. The van der Waals surface area contributed by atoms with Gasteiger partial charge in [-0.2, -0.15) is 5.10 Å². The van der Waals surface area contributed by atoms with E-state index in [0.29, 0.717) is 0 Å². The molecule has 15 heavy (non-hydrogen) atoms. The third-order valence-corrected chi connectivity index (χ3v) is 1.92. The molecule has 1 aliphatic rings. The Morgan fingerprint density at radius 3 is 2.60 bits per heavy atom. The van der Waals surface area contributed by atoms with Crippen molar-refractivity contribution in [1.82, 2.24) is 10.3 Å². The summed E-state index contributed by atoms with van der Waals surface area (Å²) in [6.07, 6.45) is 1.54. The molecule has 0 radical (unpaired) electrons. The fourth-order valence-electron chi connectivity index (χ4n) is 1.20. The summed E-state index contributed by atoms with van der Waals surface area (Å²) < 4.78 is 0. The number of nitrogens with zero attached hydrogens (tertiary/aromatic N) is 2. The summed E-state index contributed by atoms with van der Waals surface area (Å²) in [4.78, 5) is 21.9. The Kier molecular flexibility index (Phi) is 2.45. The van der Waals surface area contributed by atoms with Crippen molar-refractivity contribution in [2.75, 3.05) is 6.54 Å². The lowest BCUT2D eigenvalue weighted by atomic mass is 10.2. The molecule has 0 unspecified atom stereocenters. The van der Waals surface area contributed by atoms with Gasteiger partial charge in [0.2, 0.25) is 5.91 Å². The Hall–Kier alpha value is -2.17. The number of hydrogen-bond acceptors (Lipinski definition) is 3. The minimum atomic E-state index is -0.479. The molecule has 1 fully saturated rings. The molecule has 0 aromatic heterocycles. The van der Waals surface area contributed by atoms with Crippen LogP contribution >= 0.6 is 0 Å². The summed E-state index contributed by atoms with van der Waals surface area (Å²) in [7, 11) is 0. The van der Waals surface area contributed by atoms with Gasteiger partial charge in [-0.1, -0.05) is 30.3 Å². The van der Waals surface area contributed by atoms with Gasteiger partial charge in [0.25, 0.3) is 0 Å². The van der Waals surface area contributed by atoms with Crippen molar-refractivity contribution in [3.05, 3.63) is 35.9 Å². The third kappa shape index (κ3) is 2.19. The van der Waals surface area contributed by atoms with E-state index < -0.39 is 6.03 Å². The minimum absolute atomic E-state index is 0.0117. The Labute approximate surface area is 86.4 Å². The highest BCUT2D eigenvalue weighted by atomic mass is 16.3. The van der Waals surface area contributed by atoms with E-state index in [0.717, 1.165) is 10.6 Å². The Bertz CT molecular complexity index is 414. The summed E-state index contributed by atoms with van der Waals surface area (Å²) in [5.41, 5.74) is 0.879. The van der Waals surface area contributed by atoms with Gasteiger partial charge in [-0.05, 0) is 5.56 Å². The van der Waals surface area contributed by atoms with Crippen molar-refractivity contribution < 1.29 is 9.59 Å². The van der Waals surface area contributed by atoms with Crippen LogP contribution in [0.3, 0.4) is 0 Å². The fraction of sp³-hybridized carbons (Fsp3) is 0.100. The van der Waals surface area contributed by atoms with E-state index in [2.05, 4.69) is 10.4 Å². The summed E-state index contributed by atoms with van der Waals surface area (Å²) in [6, 6.07) is 8.88. The first kappa shape index (κ1) is 9.39. The number of benzene rings is 1. The SMILES string of the molecule is O=[13C]1[13CH2]N(N=Cc2ccccc2)[13C](=O)N1. The van der Waals surface area contributed by atoms with Gasteiger partial charge in [0.1, 0.15) is 6.54 Å². The van der Waals surface area contributed by atoms with E-state index in [-0.39, 0.29) is 12.5 Å². The van der Waals surface area contributed by atoms with Crippen molar-refractivity contribution in [3.63, 3.8) is 0 Å². The molecular weight excluding hydrogens is 197 g/mol. The zero-order valence-electron chi connectivity index (χ0n) is 7.88. The van der Waals surface area contributed by atoms with E-state index in [1.54, 1.807) is 0 Å². The molecule has 0 bridgehead atoms. The van der Waals surface area contributed by atoms with E-state index in [1.165, 1.54) is 6.21 Å². The zero-order valence-corrected chi connectivity index (χ0v) is 7.88. The van der Waals surface area contributed by atoms with Gasteiger partial charge in [-0.15, -0.1) is 0 Å². The molecule has 1 N–H and O–H groups in total. The van der Waals surface area contributed by atoms with Crippen LogP contribution in [0.5, 0.6) is 0 Å². The van der Waals surface area contributed by atoms with E-state index >= 15 is 0 Å². The van der Waals surface area contributed by atoms with Gasteiger partial charge in [0, 0.05) is 0 Å². The first-order valence-electron chi connectivity index (χ1n) is 4.46. The molecule has 1 aromatic rings. The fourth-order valence-corrected chi connectivity index (χ4v) is 1.20. The number of hydrogen-bond donors (Lipinski definition) is 1. The Morgan fingerprint density at radius 1 is 1.27 bits per heavy atom. The van der Waals surface area contributed by atoms with Crippen LogP contribution in [0.15, 0.2) is 35.4 Å². The summed E-state index contributed by atoms with van der Waals surface area (Å²) >= 11 is 0. The van der Waals surface area contributed by atoms with Gasteiger partial charge in [-0.25, -0.2) is 9.80 Å². The molecule has 0 spiro atoms. The number of carbonyl (C=O) groups excluding carboxylic acids is 2. The van der Waals surface area contributed by atoms with Crippen LogP contribution in [-0.2, 0) is 4.79 Å². The quantitative estimate of drug-likeness (QED) is 0.437. The molecule has 5 heteroatoms. The molecule has 5 nitrogen and oxygen atoms in total. The van der Waals surface area contributed by atoms with Crippen LogP contribution in [0, 0.1) is 0 Å². The van der Waals surface area contributed by atoms with Gasteiger partial charge >= 0.3 is 6.03 Å². The minimum Gasteiger partial charge on any atom is -0.275 e. The van der Waals surface area contributed by atoms with Gasteiger partial charge in [0.15, 0.2) is 0 Å². The predicted molar refractivity (Wildman–Crippen MR) is 54.3 cm³/mol. The van der Waals surface area contributed by atoms with Crippen molar-refractivity contribution in [1.29, 1.82) is 0 Å². The van der Waals surface area contributed by atoms with E-state index in [4.69, 9.17) is 0 Å². The topological polar surface area (TPSA) is 61.8 Å². The Morgan fingerprint density at radius 2 is 2.00 bits per heavy atom. The van der Waals surface area contributed by atoms with Crippen LogP contribution in [0.25, 0.3) is 0 Å². The van der Waals surface area contributed by atoms with E-state index in [1.807, 2.05) is 30.3 Å². The summed E-state index contributed by atoms with van der Waals surface area (Å²) in [5.74, 6) is -0.329. The lowest BCUT2D eigenvalue weighted by Crippen LogP contribution is -2.24. The number of hydrazone groups is 1. The second-order valence-corrected chi connectivity index (χ2v) is 3.07. The third-order valence-electron chi connectivity index (χ3n) is 1.92. The molecule has 76 valence electrons. The molecule has 1 aliphatic heterocycles. The normalized spacial score (nSPS) is 16.1. The van der Waals surface area contributed by atoms with Crippen LogP contribution < -0.4 is 5.32 Å². The van der Waals surface area contributed by atoms with E-state index in [9.17, 15) is 9.59 Å². The Balaban J connectivity index is 2.06. The molecule has 3 amide bonds. The van der Waals surface area contributed by atoms with Crippen LogP contribution in [-0.4, -0.2) is 29.7 Å². The second-order valence-electron chi connectivity index (χ2n) is 3.07. The number of amides is 3. The maximum Gasteiger partial charge on any atom is 0.344 e. The first-order valence-corrected chi connectivity index (χ1v) is 4.46. The molecule has 1 heterocycles. The highest BCUT2D eigenvalue weighted by Gasteiger charge is 2.25. The number of urea groups is 1. The summed E-state index contributed by atoms with van der Waals surface area (Å²) in [6.45, 7) is -0.0117. The van der Waals surface area contributed by atoms with Crippen LogP contribution in [0.4, 0.5) is 4.79 Å². The number of nitrogens with one attached hydrogen (secondary N) is 1. The lowest BCUT2D eigenvalue weighted by molar-refractivity contribution is -0.118. The van der Waals surface area contributed by atoms with Crippen molar-refractivity contribution in [2.45, 2.75) is 0 Å². The molecule has 2 rings (SSSR count). The molecule has 1 saturated heterocycles. The number of rotatable bonds is 2. The summed E-state index contributed by atoms with van der Waals surface area (Å²) in [5, 5.41) is 7.13. The molecule has 0 atom stereocenters. The standard InChI is InChI=1S/C10H9N3O2/c14-9-7-13(10(15)12-9)11-6-8-4-2-1-3-5-8/h1-6H,7H2,(H,12,14,15)/i7+1,9+1,10+1. The smallest absolute Gasteiger partial charge is 0.275 e. The van der Waals surface area contributed by atoms with Crippen molar-refractivity contribution >= 4 is 18.2 Å². The van der Waals surface area contributed by atoms with Crippen molar-refractivity contribution in [2.24, 2.45) is 5.10 Å². The average Bonchev–Trinajstić information content (AvgIpc) is 2.56. The number of imide groups is 1. The van der Waals surface area contributed by atoms with Crippen LogP contribution in [0.1, 0.15) is 5.56 Å². The predicted octanol–water partition coefficient (Wildman–Crippen LogP) is 0.572. The molecular formula is C10H9N3O2. The highest BCUT2D eigenvalue weighted by molar-refractivity contribution is 6.02. The molecule has 1 aromatic carbocycles. The van der Waals surface area contributed by atoms with Crippen molar-refractivity contribution in [3.8, 4) is 0 Å². The average molecular weight is 206 g/mol. The zero-order chi connectivity index (χ0) is 10.7. The number of carbonyl (C=O) groups is 2. The monoisotopic (exact) mass is 206 g/mol. The lowest BCUT2D eigenvalue weighted by Gasteiger charge is -2.03. The second kappa shape index (κ2) is 3.91. The highest BCUT2D eigenvalue weighted by Crippen LogP contribution is 2.00. The molecule has 0 saturated carbocycles.